The van der Waals surface area contributed by atoms with Crippen molar-refractivity contribution in [3.05, 3.63) is 121 Å². The fraction of sp³-hybridized carbons (Fsp3) is 0. The highest BCUT2D eigenvalue weighted by Crippen LogP contribution is 2.47. The van der Waals surface area contributed by atoms with E-state index in [2.05, 4.69) is 124 Å². The molecule has 0 radical (unpaired) electrons. The van der Waals surface area contributed by atoms with Crippen molar-refractivity contribution in [3.8, 4) is 5.69 Å². The molecule has 0 spiro atoms. The number of hydrogen-bond donors (Lipinski definition) is 0. The maximum absolute atomic E-state index is 6.41. The average Bonchev–Trinajstić information content (AvgIpc) is 3.71. The smallest absolute Gasteiger partial charge is 0.136 e. The standard InChI is InChI=1S/C36H20N2O/c1-2-10-21(11-3-1)37-29-15-7-4-12-22(29)26-18-27-23-13-5-8-16-30(23)38-31-19-25-24-14-6-9-17-32(24)39-33(25)20-28(31)34(35(26)37)36(27)38/h1-20H. The van der Waals surface area contributed by atoms with E-state index >= 15 is 0 Å². The molecule has 0 saturated carbocycles. The largest absolute Gasteiger partial charge is 0.456 e. The second-order valence-corrected chi connectivity index (χ2v) is 10.5. The zero-order valence-corrected chi connectivity index (χ0v) is 20.8. The third-order valence-electron chi connectivity index (χ3n) is 8.61. The Morgan fingerprint density at radius 1 is 0.410 bits per heavy atom. The number of para-hydroxylation sites is 4. The maximum Gasteiger partial charge on any atom is 0.136 e. The summed E-state index contributed by atoms with van der Waals surface area (Å²) >= 11 is 0. The summed E-state index contributed by atoms with van der Waals surface area (Å²) in [4.78, 5) is 0. The molecule has 0 amide bonds. The summed E-state index contributed by atoms with van der Waals surface area (Å²) in [7, 11) is 0. The van der Waals surface area contributed by atoms with Crippen molar-refractivity contribution >= 4 is 81.8 Å². The SMILES string of the molecule is c1ccc(-n2c3ccccc3c3cc4c5ccccc5n5c6cc7c(cc6c(c32)c45)oc2ccccc27)cc1. The third kappa shape index (κ3) is 2.31. The number of fused-ring (bicyclic) bond motifs is 13. The Morgan fingerprint density at radius 2 is 1.08 bits per heavy atom. The summed E-state index contributed by atoms with van der Waals surface area (Å²) in [6.45, 7) is 0. The van der Waals surface area contributed by atoms with Gasteiger partial charge in [-0.15, -0.1) is 0 Å². The molecule has 4 aromatic heterocycles. The van der Waals surface area contributed by atoms with Gasteiger partial charge in [-0.2, -0.15) is 0 Å². The molecule has 0 unspecified atom stereocenters. The van der Waals surface area contributed by atoms with Gasteiger partial charge in [0.05, 0.1) is 27.6 Å². The summed E-state index contributed by atoms with van der Waals surface area (Å²) < 4.78 is 11.3. The molecule has 0 aliphatic carbocycles. The van der Waals surface area contributed by atoms with E-state index in [0.29, 0.717) is 0 Å². The van der Waals surface area contributed by atoms with Crippen LogP contribution in [0.5, 0.6) is 0 Å². The van der Waals surface area contributed by atoms with Gasteiger partial charge >= 0.3 is 0 Å². The Balaban J connectivity index is 1.56. The molecule has 39 heavy (non-hydrogen) atoms. The van der Waals surface area contributed by atoms with Gasteiger partial charge in [-0.1, -0.05) is 72.8 Å². The van der Waals surface area contributed by atoms with E-state index in [4.69, 9.17) is 4.42 Å². The van der Waals surface area contributed by atoms with Gasteiger partial charge in [0.2, 0.25) is 0 Å². The van der Waals surface area contributed by atoms with Gasteiger partial charge in [0.15, 0.2) is 0 Å². The van der Waals surface area contributed by atoms with E-state index in [1.165, 1.54) is 65.6 Å². The van der Waals surface area contributed by atoms with Crippen LogP contribution in [0.2, 0.25) is 0 Å². The van der Waals surface area contributed by atoms with Crippen molar-refractivity contribution in [2.45, 2.75) is 0 Å². The van der Waals surface area contributed by atoms with E-state index in [1.54, 1.807) is 0 Å². The molecule has 3 nitrogen and oxygen atoms in total. The highest BCUT2D eigenvalue weighted by Gasteiger charge is 2.25. The lowest BCUT2D eigenvalue weighted by atomic mass is 10.0. The first-order chi connectivity index (χ1) is 19.4. The van der Waals surface area contributed by atoms with Crippen molar-refractivity contribution in [3.63, 3.8) is 0 Å². The van der Waals surface area contributed by atoms with Crippen LogP contribution in [0.3, 0.4) is 0 Å². The highest BCUT2D eigenvalue weighted by atomic mass is 16.3. The summed E-state index contributed by atoms with van der Waals surface area (Å²) in [5.74, 6) is 0. The van der Waals surface area contributed by atoms with Crippen LogP contribution in [0.25, 0.3) is 87.5 Å². The van der Waals surface area contributed by atoms with Gasteiger partial charge in [0.25, 0.3) is 0 Å². The molecular weight excluding hydrogens is 476 g/mol. The Morgan fingerprint density at radius 3 is 1.92 bits per heavy atom. The van der Waals surface area contributed by atoms with Gasteiger partial charge in [0.1, 0.15) is 11.2 Å². The first-order valence-corrected chi connectivity index (χ1v) is 13.4. The number of rotatable bonds is 1. The lowest BCUT2D eigenvalue weighted by Gasteiger charge is -2.09. The summed E-state index contributed by atoms with van der Waals surface area (Å²) in [5, 5.41) is 9.93. The van der Waals surface area contributed by atoms with E-state index in [-0.39, 0.29) is 0 Å². The molecule has 0 bridgehead atoms. The monoisotopic (exact) mass is 496 g/mol. The van der Waals surface area contributed by atoms with Gasteiger partial charge in [-0.3, -0.25) is 0 Å². The average molecular weight is 497 g/mol. The Labute approximate surface area is 222 Å². The minimum absolute atomic E-state index is 0.926. The zero-order chi connectivity index (χ0) is 25.2. The first-order valence-electron chi connectivity index (χ1n) is 13.4. The second kappa shape index (κ2) is 6.77. The molecule has 4 heterocycles. The van der Waals surface area contributed by atoms with Crippen LogP contribution in [0, 0.1) is 0 Å². The maximum atomic E-state index is 6.41. The topological polar surface area (TPSA) is 22.5 Å². The van der Waals surface area contributed by atoms with Crippen LogP contribution in [0.1, 0.15) is 0 Å². The van der Waals surface area contributed by atoms with E-state index in [1.807, 2.05) is 6.07 Å². The van der Waals surface area contributed by atoms with Gasteiger partial charge < -0.3 is 13.4 Å². The fourth-order valence-electron chi connectivity index (χ4n) is 7.07. The molecule has 10 aromatic rings. The minimum atomic E-state index is 0.926. The first kappa shape index (κ1) is 19.8. The van der Waals surface area contributed by atoms with Crippen LogP contribution in [-0.4, -0.2) is 8.97 Å². The second-order valence-electron chi connectivity index (χ2n) is 10.5. The molecule has 10 rings (SSSR count). The van der Waals surface area contributed by atoms with Crippen LogP contribution in [-0.2, 0) is 0 Å². The van der Waals surface area contributed by atoms with Crippen molar-refractivity contribution in [1.82, 2.24) is 8.97 Å². The third-order valence-corrected chi connectivity index (χ3v) is 8.61. The molecule has 6 aromatic carbocycles. The fourth-order valence-corrected chi connectivity index (χ4v) is 7.07. The van der Waals surface area contributed by atoms with Crippen LogP contribution in [0.15, 0.2) is 126 Å². The summed E-state index contributed by atoms with van der Waals surface area (Å²) in [6.07, 6.45) is 0. The van der Waals surface area contributed by atoms with Gasteiger partial charge in [0, 0.05) is 48.8 Å². The quantitative estimate of drug-likeness (QED) is 0.222. The predicted molar refractivity (Wildman–Crippen MR) is 163 cm³/mol. The van der Waals surface area contributed by atoms with Crippen LogP contribution < -0.4 is 0 Å². The Kier molecular flexibility index (Phi) is 3.44. The lowest BCUT2D eigenvalue weighted by Crippen LogP contribution is -1.93. The normalized spacial score (nSPS) is 12.6. The van der Waals surface area contributed by atoms with E-state index < -0.39 is 0 Å². The lowest BCUT2D eigenvalue weighted by molar-refractivity contribution is 0.669. The predicted octanol–water partition coefficient (Wildman–Crippen LogP) is 9.83. The summed E-state index contributed by atoms with van der Waals surface area (Å²) in [5.41, 5.74) is 9.21. The van der Waals surface area contributed by atoms with Crippen LogP contribution >= 0.6 is 0 Å². The molecule has 0 saturated heterocycles. The van der Waals surface area contributed by atoms with Crippen molar-refractivity contribution in [2.24, 2.45) is 0 Å². The minimum Gasteiger partial charge on any atom is -0.456 e. The number of hydrogen-bond acceptors (Lipinski definition) is 1. The number of furan rings is 1. The van der Waals surface area contributed by atoms with Crippen molar-refractivity contribution in [1.29, 1.82) is 0 Å². The number of nitrogens with zero attached hydrogens (tertiary/aromatic N) is 2. The molecule has 0 aliphatic heterocycles. The number of aromatic nitrogens is 2. The molecule has 3 heteroatoms. The molecule has 0 N–H and O–H groups in total. The van der Waals surface area contributed by atoms with E-state index in [9.17, 15) is 0 Å². The van der Waals surface area contributed by atoms with E-state index in [0.717, 1.165) is 21.9 Å². The molecule has 0 aliphatic rings. The van der Waals surface area contributed by atoms with Crippen molar-refractivity contribution < 1.29 is 4.42 Å². The zero-order valence-electron chi connectivity index (χ0n) is 20.8. The van der Waals surface area contributed by atoms with Crippen LogP contribution in [0.4, 0.5) is 0 Å². The molecule has 0 fully saturated rings. The van der Waals surface area contributed by atoms with Gasteiger partial charge in [-0.25, -0.2) is 0 Å². The van der Waals surface area contributed by atoms with Gasteiger partial charge in [-0.05, 0) is 48.5 Å². The number of benzene rings is 6. The molecular formula is C36H20N2O. The summed E-state index contributed by atoms with van der Waals surface area (Å²) in [6, 6.07) is 43.7. The molecule has 0 atom stereocenters. The molecule has 180 valence electrons. The van der Waals surface area contributed by atoms with Crippen molar-refractivity contribution in [2.75, 3.05) is 0 Å². The Hall–Kier alpha value is -5.28. The Bertz CT molecular complexity index is 2600. The highest BCUT2D eigenvalue weighted by molar-refractivity contribution is 6.35.